The van der Waals surface area contributed by atoms with E-state index in [1.807, 2.05) is 0 Å². The Labute approximate surface area is 124 Å². The third kappa shape index (κ3) is 5.82. The molecule has 2 aliphatic rings. The highest BCUT2D eigenvalue weighted by Crippen LogP contribution is 2.23. The van der Waals surface area contributed by atoms with Gasteiger partial charge in [-0.05, 0) is 58.2 Å². The van der Waals surface area contributed by atoms with E-state index in [-0.39, 0.29) is 0 Å². The van der Waals surface area contributed by atoms with Crippen LogP contribution in [-0.4, -0.2) is 37.0 Å². The first-order valence-corrected chi connectivity index (χ1v) is 8.86. The summed E-state index contributed by atoms with van der Waals surface area (Å²) in [6, 6.07) is 0. The number of hydrogen-bond donors (Lipinski definition) is 1. The minimum absolute atomic E-state index is 0.317. The highest BCUT2D eigenvalue weighted by molar-refractivity contribution is 5.78. The van der Waals surface area contributed by atoms with Crippen molar-refractivity contribution in [2.75, 3.05) is 26.2 Å². The van der Waals surface area contributed by atoms with Crippen molar-refractivity contribution in [3.63, 3.8) is 0 Å². The van der Waals surface area contributed by atoms with E-state index in [9.17, 15) is 4.79 Å². The number of rotatable bonds is 7. The van der Waals surface area contributed by atoms with Gasteiger partial charge in [0.15, 0.2) is 0 Å². The minimum atomic E-state index is 0.317. The Morgan fingerprint density at radius 3 is 2.35 bits per heavy atom. The second kappa shape index (κ2) is 9.38. The van der Waals surface area contributed by atoms with Crippen molar-refractivity contribution < 1.29 is 4.79 Å². The van der Waals surface area contributed by atoms with Gasteiger partial charge >= 0.3 is 0 Å². The van der Waals surface area contributed by atoms with Crippen molar-refractivity contribution in [2.45, 2.75) is 70.6 Å². The van der Waals surface area contributed by atoms with Crippen LogP contribution in [0.4, 0.5) is 0 Å². The van der Waals surface area contributed by atoms with Crippen LogP contribution in [0.25, 0.3) is 0 Å². The molecular weight excluding hydrogens is 248 g/mol. The van der Waals surface area contributed by atoms with Gasteiger partial charge in [0.05, 0.1) is 0 Å². The van der Waals surface area contributed by atoms with Crippen LogP contribution in [0, 0.1) is 5.92 Å². The van der Waals surface area contributed by atoms with Gasteiger partial charge in [-0.15, -0.1) is 0 Å². The van der Waals surface area contributed by atoms with E-state index in [1.54, 1.807) is 0 Å². The summed E-state index contributed by atoms with van der Waals surface area (Å²) in [7, 11) is 0. The Hall–Kier alpha value is -0.570. The molecule has 0 radical (unpaired) electrons. The van der Waals surface area contributed by atoms with Crippen LogP contribution in [0.15, 0.2) is 0 Å². The fourth-order valence-electron chi connectivity index (χ4n) is 3.54. The molecule has 1 aliphatic carbocycles. The monoisotopic (exact) mass is 280 g/mol. The van der Waals surface area contributed by atoms with Crippen molar-refractivity contribution in [2.24, 2.45) is 5.92 Å². The number of likely N-dealkylation sites (tertiary alicyclic amines) is 1. The summed E-state index contributed by atoms with van der Waals surface area (Å²) in [6.07, 6.45) is 13.9. The lowest BCUT2D eigenvalue weighted by molar-refractivity contribution is -0.125. The maximum atomic E-state index is 12.0. The smallest absolute Gasteiger partial charge is 0.223 e. The molecule has 1 heterocycles. The summed E-state index contributed by atoms with van der Waals surface area (Å²) in [5, 5.41) is 3.14. The molecule has 1 amide bonds. The molecule has 3 heteroatoms. The molecule has 1 saturated heterocycles. The average Bonchev–Trinajstić information content (AvgIpc) is 2.52. The van der Waals surface area contributed by atoms with E-state index in [2.05, 4.69) is 10.2 Å². The van der Waals surface area contributed by atoms with Crippen LogP contribution in [-0.2, 0) is 4.79 Å². The maximum absolute atomic E-state index is 12.0. The van der Waals surface area contributed by atoms with Crippen molar-refractivity contribution in [3.8, 4) is 0 Å². The molecule has 2 fully saturated rings. The summed E-state index contributed by atoms with van der Waals surface area (Å²) in [6.45, 7) is 4.75. The molecule has 0 bridgehead atoms. The van der Waals surface area contributed by atoms with Gasteiger partial charge in [0, 0.05) is 12.5 Å². The molecule has 1 N–H and O–H groups in total. The normalized spacial score (nSPS) is 21.8. The van der Waals surface area contributed by atoms with Gasteiger partial charge in [-0.1, -0.05) is 32.1 Å². The summed E-state index contributed by atoms with van der Waals surface area (Å²) >= 11 is 0. The van der Waals surface area contributed by atoms with Gasteiger partial charge in [0.2, 0.25) is 5.91 Å². The van der Waals surface area contributed by atoms with Gasteiger partial charge < -0.3 is 10.2 Å². The Morgan fingerprint density at radius 1 is 0.900 bits per heavy atom. The van der Waals surface area contributed by atoms with Crippen LogP contribution >= 0.6 is 0 Å². The molecule has 0 aromatic rings. The van der Waals surface area contributed by atoms with Gasteiger partial charge in [-0.2, -0.15) is 0 Å². The molecular formula is C17H32N2O. The van der Waals surface area contributed by atoms with Crippen molar-refractivity contribution in [1.82, 2.24) is 10.2 Å². The second-order valence-electron chi connectivity index (χ2n) is 6.59. The summed E-state index contributed by atoms with van der Waals surface area (Å²) in [4.78, 5) is 14.6. The zero-order valence-corrected chi connectivity index (χ0v) is 13.0. The highest BCUT2D eigenvalue weighted by Gasteiger charge is 2.20. The minimum Gasteiger partial charge on any atom is -0.356 e. The molecule has 0 aromatic carbocycles. The number of piperidine rings is 1. The Bertz CT molecular complexity index is 268. The number of hydrogen-bond acceptors (Lipinski definition) is 2. The molecule has 116 valence electrons. The molecule has 2 rings (SSSR count). The summed E-state index contributed by atoms with van der Waals surface area (Å²) < 4.78 is 0. The number of amides is 1. The topological polar surface area (TPSA) is 32.3 Å². The molecule has 0 spiro atoms. The molecule has 3 nitrogen and oxygen atoms in total. The zero-order chi connectivity index (χ0) is 14.0. The van der Waals surface area contributed by atoms with Crippen LogP contribution < -0.4 is 5.32 Å². The van der Waals surface area contributed by atoms with E-state index in [4.69, 9.17) is 0 Å². The van der Waals surface area contributed by atoms with Crippen LogP contribution in [0.1, 0.15) is 70.6 Å². The number of nitrogens with zero attached hydrogens (tertiary/aromatic N) is 1. The predicted molar refractivity (Wildman–Crippen MR) is 83.7 cm³/mol. The molecule has 20 heavy (non-hydrogen) atoms. The van der Waals surface area contributed by atoms with Crippen LogP contribution in [0.2, 0.25) is 0 Å². The van der Waals surface area contributed by atoms with Gasteiger partial charge in [0.1, 0.15) is 0 Å². The first kappa shape index (κ1) is 15.8. The Kier molecular flexibility index (Phi) is 7.42. The predicted octanol–water partition coefficient (Wildman–Crippen LogP) is 3.34. The zero-order valence-electron chi connectivity index (χ0n) is 13.0. The standard InChI is InChI=1S/C17H32N2O/c20-17(16-10-4-1-5-11-16)18-12-6-2-7-13-19-14-8-3-9-15-19/h16H,1-15H2,(H,18,20). The van der Waals surface area contributed by atoms with Crippen LogP contribution in [0.3, 0.4) is 0 Å². The average molecular weight is 280 g/mol. The van der Waals surface area contributed by atoms with Crippen LogP contribution in [0.5, 0.6) is 0 Å². The lowest BCUT2D eigenvalue weighted by atomic mass is 9.89. The molecule has 0 atom stereocenters. The van der Waals surface area contributed by atoms with Crippen molar-refractivity contribution >= 4 is 5.91 Å². The van der Waals surface area contributed by atoms with E-state index in [0.717, 1.165) is 25.8 Å². The van der Waals surface area contributed by atoms with Gasteiger partial charge in [0.25, 0.3) is 0 Å². The maximum Gasteiger partial charge on any atom is 0.223 e. The lowest BCUT2D eigenvalue weighted by Gasteiger charge is -2.26. The molecule has 0 unspecified atom stereocenters. The largest absolute Gasteiger partial charge is 0.356 e. The fraction of sp³-hybridized carbons (Fsp3) is 0.941. The second-order valence-corrected chi connectivity index (χ2v) is 6.59. The SMILES string of the molecule is O=C(NCCCCCN1CCCCC1)C1CCCCC1. The van der Waals surface area contributed by atoms with Crippen molar-refractivity contribution in [1.29, 1.82) is 0 Å². The first-order chi connectivity index (χ1) is 9.86. The number of carbonyl (C=O) groups excluding carboxylic acids is 1. The third-order valence-electron chi connectivity index (χ3n) is 4.87. The number of unbranched alkanes of at least 4 members (excludes halogenated alkanes) is 2. The molecule has 0 aromatic heterocycles. The molecule has 1 saturated carbocycles. The summed E-state index contributed by atoms with van der Waals surface area (Å²) in [5.41, 5.74) is 0. The fourth-order valence-corrected chi connectivity index (χ4v) is 3.54. The highest BCUT2D eigenvalue weighted by atomic mass is 16.1. The van der Waals surface area contributed by atoms with Crippen molar-refractivity contribution in [3.05, 3.63) is 0 Å². The van der Waals surface area contributed by atoms with E-state index in [0.29, 0.717) is 11.8 Å². The molecule has 1 aliphatic heterocycles. The third-order valence-corrected chi connectivity index (χ3v) is 4.87. The van der Waals surface area contributed by atoms with Gasteiger partial charge in [-0.3, -0.25) is 4.79 Å². The Balaban J connectivity index is 1.43. The lowest BCUT2D eigenvalue weighted by Crippen LogP contribution is -2.33. The Morgan fingerprint density at radius 2 is 1.60 bits per heavy atom. The van der Waals surface area contributed by atoms with E-state index in [1.165, 1.54) is 71.0 Å². The number of carbonyl (C=O) groups is 1. The summed E-state index contributed by atoms with van der Waals surface area (Å²) in [5.74, 6) is 0.637. The van der Waals surface area contributed by atoms with Gasteiger partial charge in [-0.25, -0.2) is 0 Å². The van der Waals surface area contributed by atoms with E-state index >= 15 is 0 Å². The quantitative estimate of drug-likeness (QED) is 0.725. The number of nitrogens with one attached hydrogen (secondary N) is 1. The first-order valence-electron chi connectivity index (χ1n) is 8.86. The van der Waals surface area contributed by atoms with E-state index < -0.39 is 0 Å².